The molecule has 0 radical (unpaired) electrons. The van der Waals surface area contributed by atoms with E-state index >= 15 is 0 Å². The maximum atomic E-state index is 12.0. The van der Waals surface area contributed by atoms with Gasteiger partial charge in [0.1, 0.15) is 11.3 Å². The van der Waals surface area contributed by atoms with Crippen molar-refractivity contribution in [2.45, 2.75) is 19.4 Å². The number of rotatable bonds is 5. The summed E-state index contributed by atoms with van der Waals surface area (Å²) in [4.78, 5) is 26.8. The number of hydrogen-bond donors (Lipinski definition) is 2. The van der Waals surface area contributed by atoms with E-state index in [-0.39, 0.29) is 23.8 Å². The van der Waals surface area contributed by atoms with Crippen LogP contribution in [-0.4, -0.2) is 20.9 Å². The van der Waals surface area contributed by atoms with Crippen molar-refractivity contribution in [3.05, 3.63) is 76.0 Å². The van der Waals surface area contributed by atoms with Gasteiger partial charge >= 0.3 is 0 Å². The van der Waals surface area contributed by atoms with Crippen LogP contribution in [0.4, 0.5) is 5.69 Å². The van der Waals surface area contributed by atoms with Gasteiger partial charge in [-0.1, -0.05) is 37.3 Å². The summed E-state index contributed by atoms with van der Waals surface area (Å²) >= 11 is 0. The van der Waals surface area contributed by atoms with Gasteiger partial charge < -0.3 is 10.4 Å². The first-order chi connectivity index (χ1) is 12.5. The molecule has 1 atom stereocenters. The normalized spacial score (nSPS) is 11.9. The van der Waals surface area contributed by atoms with Gasteiger partial charge in [0, 0.05) is 35.7 Å². The van der Waals surface area contributed by atoms with Crippen LogP contribution in [0.3, 0.4) is 0 Å². The van der Waals surface area contributed by atoms with E-state index in [1.165, 1.54) is 12.1 Å². The van der Waals surface area contributed by atoms with Crippen LogP contribution in [0.2, 0.25) is 0 Å². The number of nitro groups is 1. The van der Waals surface area contributed by atoms with Crippen molar-refractivity contribution in [3.63, 3.8) is 0 Å². The van der Waals surface area contributed by atoms with Gasteiger partial charge in [-0.2, -0.15) is 0 Å². The van der Waals surface area contributed by atoms with Gasteiger partial charge in [0.2, 0.25) is 5.91 Å². The van der Waals surface area contributed by atoms with E-state index in [9.17, 15) is 20.0 Å². The Morgan fingerprint density at radius 1 is 1.27 bits per heavy atom. The molecular formula is C19H17N3O4. The van der Waals surface area contributed by atoms with Crippen molar-refractivity contribution >= 4 is 22.5 Å². The molecule has 3 aromatic rings. The molecule has 0 aliphatic carbocycles. The van der Waals surface area contributed by atoms with E-state index in [4.69, 9.17) is 0 Å². The largest absolute Gasteiger partial charge is 0.505 e. The lowest BCUT2D eigenvalue weighted by Gasteiger charge is -2.21. The zero-order valence-corrected chi connectivity index (χ0v) is 14.0. The monoisotopic (exact) mass is 351 g/mol. The fraction of sp³-hybridized carbons (Fsp3) is 0.158. The summed E-state index contributed by atoms with van der Waals surface area (Å²) in [6.45, 7) is 1.71. The van der Waals surface area contributed by atoms with Crippen molar-refractivity contribution < 1.29 is 14.8 Å². The second-order valence-electron chi connectivity index (χ2n) is 5.78. The molecule has 7 heteroatoms. The number of pyridine rings is 1. The van der Waals surface area contributed by atoms with Crippen LogP contribution in [0.5, 0.6) is 5.75 Å². The molecule has 0 spiro atoms. The number of hydrogen-bond acceptors (Lipinski definition) is 5. The average Bonchev–Trinajstić information content (AvgIpc) is 2.67. The molecule has 0 saturated carbocycles. The predicted octanol–water partition coefficient (Wildman–Crippen LogP) is 3.46. The van der Waals surface area contributed by atoms with Gasteiger partial charge in [-0.25, -0.2) is 0 Å². The van der Waals surface area contributed by atoms with Crippen molar-refractivity contribution in [3.8, 4) is 5.75 Å². The minimum Gasteiger partial charge on any atom is -0.505 e. The van der Waals surface area contributed by atoms with E-state index < -0.39 is 11.0 Å². The van der Waals surface area contributed by atoms with Crippen molar-refractivity contribution in [2.75, 3.05) is 0 Å². The van der Waals surface area contributed by atoms with Gasteiger partial charge in [-0.3, -0.25) is 19.9 Å². The Bertz CT molecular complexity index is 987. The summed E-state index contributed by atoms with van der Waals surface area (Å²) in [6, 6.07) is 12.3. The Hall–Kier alpha value is -3.48. The summed E-state index contributed by atoms with van der Waals surface area (Å²) in [5.74, 6) is -0.293. The first-order valence-corrected chi connectivity index (χ1v) is 8.11. The minimum absolute atomic E-state index is 0.0593. The molecule has 3 rings (SSSR count). The van der Waals surface area contributed by atoms with Gasteiger partial charge in [0.25, 0.3) is 5.69 Å². The lowest BCUT2D eigenvalue weighted by molar-refractivity contribution is -0.384. The van der Waals surface area contributed by atoms with Crippen LogP contribution in [0.25, 0.3) is 10.9 Å². The summed E-state index contributed by atoms with van der Waals surface area (Å²) in [7, 11) is 0. The van der Waals surface area contributed by atoms with Crippen LogP contribution in [0, 0.1) is 10.1 Å². The van der Waals surface area contributed by atoms with Crippen LogP contribution >= 0.6 is 0 Å². The van der Waals surface area contributed by atoms with Gasteiger partial charge in [0.05, 0.1) is 11.0 Å². The predicted molar refractivity (Wildman–Crippen MR) is 96.8 cm³/mol. The smallest absolute Gasteiger partial charge is 0.269 e. The topological polar surface area (TPSA) is 105 Å². The molecule has 0 bridgehead atoms. The number of aromatic hydroxyl groups is 1. The van der Waals surface area contributed by atoms with E-state index in [2.05, 4.69) is 10.3 Å². The summed E-state index contributed by atoms with van der Waals surface area (Å²) < 4.78 is 0. The van der Waals surface area contributed by atoms with E-state index in [1.807, 2.05) is 6.07 Å². The average molecular weight is 351 g/mol. The second kappa shape index (κ2) is 7.18. The standard InChI is InChI=1S/C19H17N3O4/c1-2-16(23)21-17(13-5-3-7-14(11-13)22(25)26)15-9-8-12-6-4-10-20-18(12)19(15)24/h3-11,17,24H,2H2,1H3,(H,21,23)/t17-/m1/s1. The highest BCUT2D eigenvalue weighted by Crippen LogP contribution is 2.35. The SMILES string of the molecule is CCC(=O)N[C@H](c1cccc([N+](=O)[O-])c1)c1ccc2cccnc2c1O. The Labute approximate surface area is 149 Å². The number of nitro benzene ring substituents is 1. The Kier molecular flexibility index (Phi) is 4.79. The summed E-state index contributed by atoms with van der Waals surface area (Å²) in [6.07, 6.45) is 1.82. The number of phenols is 1. The zero-order valence-electron chi connectivity index (χ0n) is 14.0. The molecule has 0 aliphatic rings. The highest BCUT2D eigenvalue weighted by atomic mass is 16.6. The number of nitrogens with zero attached hydrogens (tertiary/aromatic N) is 2. The van der Waals surface area contributed by atoms with Crippen LogP contribution < -0.4 is 5.32 Å². The Morgan fingerprint density at radius 3 is 2.81 bits per heavy atom. The van der Waals surface area contributed by atoms with Gasteiger partial charge in [-0.15, -0.1) is 0 Å². The van der Waals surface area contributed by atoms with Crippen molar-refractivity contribution in [1.82, 2.24) is 10.3 Å². The highest BCUT2D eigenvalue weighted by Gasteiger charge is 2.23. The molecule has 0 saturated heterocycles. The third-order valence-corrected chi connectivity index (χ3v) is 4.13. The van der Waals surface area contributed by atoms with Gasteiger partial charge in [-0.05, 0) is 11.6 Å². The molecule has 1 aromatic heterocycles. The number of nitrogens with one attached hydrogen (secondary N) is 1. The van der Waals surface area contributed by atoms with Crippen LogP contribution in [-0.2, 0) is 4.79 Å². The van der Waals surface area contributed by atoms with Crippen molar-refractivity contribution in [1.29, 1.82) is 0 Å². The third-order valence-electron chi connectivity index (χ3n) is 4.13. The third kappa shape index (κ3) is 3.32. The maximum Gasteiger partial charge on any atom is 0.269 e. The lowest BCUT2D eigenvalue weighted by atomic mass is 9.95. The molecular weight excluding hydrogens is 334 g/mol. The van der Waals surface area contributed by atoms with Gasteiger partial charge in [0.15, 0.2) is 0 Å². The van der Waals surface area contributed by atoms with E-state index in [0.29, 0.717) is 16.6 Å². The molecule has 132 valence electrons. The molecule has 2 N–H and O–H groups in total. The fourth-order valence-electron chi connectivity index (χ4n) is 2.80. The number of benzene rings is 2. The number of carbonyl (C=O) groups excluding carboxylic acids is 1. The molecule has 0 fully saturated rings. The van der Waals surface area contributed by atoms with E-state index in [1.54, 1.807) is 43.5 Å². The molecule has 0 aliphatic heterocycles. The minimum atomic E-state index is -0.728. The maximum absolute atomic E-state index is 12.0. The fourth-order valence-corrected chi connectivity index (χ4v) is 2.80. The number of non-ortho nitro benzene ring substituents is 1. The number of amides is 1. The first-order valence-electron chi connectivity index (χ1n) is 8.11. The number of phenolic OH excluding ortho intramolecular Hbond substituents is 1. The summed E-state index contributed by atoms with van der Waals surface area (Å²) in [5, 5.41) is 25.4. The molecule has 1 heterocycles. The number of carbonyl (C=O) groups is 1. The van der Waals surface area contributed by atoms with Crippen molar-refractivity contribution in [2.24, 2.45) is 0 Å². The van der Waals surface area contributed by atoms with E-state index in [0.717, 1.165) is 5.39 Å². The quantitative estimate of drug-likeness (QED) is 0.541. The first kappa shape index (κ1) is 17.3. The zero-order chi connectivity index (χ0) is 18.7. The molecule has 7 nitrogen and oxygen atoms in total. The highest BCUT2D eigenvalue weighted by molar-refractivity contribution is 5.86. The second-order valence-corrected chi connectivity index (χ2v) is 5.78. The Balaban J connectivity index is 2.16. The molecule has 26 heavy (non-hydrogen) atoms. The molecule has 0 unspecified atom stereocenters. The Morgan fingerprint density at radius 2 is 2.08 bits per heavy atom. The summed E-state index contributed by atoms with van der Waals surface area (Å²) in [5.41, 5.74) is 1.26. The molecule has 2 aromatic carbocycles. The number of fused-ring (bicyclic) bond motifs is 1. The lowest BCUT2D eigenvalue weighted by Crippen LogP contribution is -2.28. The van der Waals surface area contributed by atoms with Crippen LogP contribution in [0.15, 0.2) is 54.7 Å². The number of aromatic nitrogens is 1. The molecule has 1 amide bonds. The van der Waals surface area contributed by atoms with Crippen LogP contribution in [0.1, 0.15) is 30.5 Å².